The second kappa shape index (κ2) is 7.42. The normalized spacial score (nSPS) is 12.1. The maximum atomic E-state index is 11.0. The summed E-state index contributed by atoms with van der Waals surface area (Å²) in [6.07, 6.45) is 4.52. The van der Waals surface area contributed by atoms with Crippen LogP contribution in [0.15, 0.2) is 12.7 Å². The van der Waals surface area contributed by atoms with Gasteiger partial charge in [0.15, 0.2) is 0 Å². The summed E-state index contributed by atoms with van der Waals surface area (Å²) in [5.74, 6) is 0. The standard InChI is InChI=1S/C11H21NO2/c1-4-7-10(8-5-2)12(9-6-3)11(13)14/h4,10H,1,5-9H2,2-3H3,(H,13,14). The van der Waals surface area contributed by atoms with Crippen molar-refractivity contribution in [1.29, 1.82) is 0 Å². The Bertz CT molecular complexity index is 180. The molecule has 0 bridgehead atoms. The van der Waals surface area contributed by atoms with Crippen LogP contribution in [-0.4, -0.2) is 28.7 Å². The van der Waals surface area contributed by atoms with Crippen molar-refractivity contribution in [2.24, 2.45) is 0 Å². The van der Waals surface area contributed by atoms with Crippen molar-refractivity contribution in [2.45, 2.75) is 45.6 Å². The molecule has 1 N–H and O–H groups in total. The van der Waals surface area contributed by atoms with Crippen LogP contribution in [0.5, 0.6) is 0 Å². The van der Waals surface area contributed by atoms with Crippen LogP contribution >= 0.6 is 0 Å². The average Bonchev–Trinajstić information content (AvgIpc) is 2.13. The molecule has 82 valence electrons. The molecule has 1 unspecified atom stereocenters. The van der Waals surface area contributed by atoms with Gasteiger partial charge in [-0.25, -0.2) is 4.79 Å². The van der Waals surface area contributed by atoms with Crippen molar-refractivity contribution >= 4 is 6.09 Å². The van der Waals surface area contributed by atoms with E-state index in [2.05, 4.69) is 13.5 Å². The van der Waals surface area contributed by atoms with Gasteiger partial charge in [0.1, 0.15) is 0 Å². The van der Waals surface area contributed by atoms with E-state index in [-0.39, 0.29) is 6.04 Å². The first kappa shape index (κ1) is 13.0. The Hall–Kier alpha value is -0.990. The first-order valence-corrected chi connectivity index (χ1v) is 5.27. The fourth-order valence-corrected chi connectivity index (χ4v) is 1.60. The molecule has 3 heteroatoms. The van der Waals surface area contributed by atoms with Gasteiger partial charge >= 0.3 is 6.09 Å². The van der Waals surface area contributed by atoms with Gasteiger partial charge in [-0.3, -0.25) is 0 Å². The van der Waals surface area contributed by atoms with E-state index in [1.807, 2.05) is 6.92 Å². The molecule has 0 heterocycles. The molecule has 0 saturated carbocycles. The predicted molar refractivity (Wildman–Crippen MR) is 58.5 cm³/mol. The number of nitrogens with zero attached hydrogens (tertiary/aromatic N) is 1. The van der Waals surface area contributed by atoms with Crippen molar-refractivity contribution in [3.05, 3.63) is 12.7 Å². The summed E-state index contributed by atoms with van der Waals surface area (Å²) in [5, 5.41) is 9.02. The van der Waals surface area contributed by atoms with Crippen LogP contribution in [0.4, 0.5) is 4.79 Å². The second-order valence-corrected chi connectivity index (χ2v) is 3.44. The van der Waals surface area contributed by atoms with Crippen molar-refractivity contribution < 1.29 is 9.90 Å². The minimum absolute atomic E-state index is 0.106. The summed E-state index contributed by atoms with van der Waals surface area (Å²) in [4.78, 5) is 12.5. The molecule has 0 spiro atoms. The van der Waals surface area contributed by atoms with E-state index in [1.165, 1.54) is 4.90 Å². The van der Waals surface area contributed by atoms with Crippen molar-refractivity contribution in [2.75, 3.05) is 6.54 Å². The van der Waals surface area contributed by atoms with Gasteiger partial charge < -0.3 is 10.0 Å². The van der Waals surface area contributed by atoms with Crippen molar-refractivity contribution in [3.8, 4) is 0 Å². The van der Waals surface area contributed by atoms with Crippen molar-refractivity contribution in [1.82, 2.24) is 4.90 Å². The zero-order chi connectivity index (χ0) is 11.0. The number of amides is 1. The lowest BCUT2D eigenvalue weighted by Crippen LogP contribution is -2.39. The Morgan fingerprint density at radius 3 is 2.50 bits per heavy atom. The van der Waals surface area contributed by atoms with Crippen LogP contribution in [0, 0.1) is 0 Å². The quantitative estimate of drug-likeness (QED) is 0.640. The Balaban J connectivity index is 4.36. The highest BCUT2D eigenvalue weighted by Gasteiger charge is 2.20. The average molecular weight is 199 g/mol. The molecule has 0 aliphatic carbocycles. The van der Waals surface area contributed by atoms with Crippen molar-refractivity contribution in [3.63, 3.8) is 0 Å². The van der Waals surface area contributed by atoms with Crippen LogP contribution in [0.3, 0.4) is 0 Å². The fourth-order valence-electron chi connectivity index (χ4n) is 1.60. The maximum Gasteiger partial charge on any atom is 0.407 e. The molecule has 0 aromatic carbocycles. The minimum atomic E-state index is -0.813. The second-order valence-electron chi connectivity index (χ2n) is 3.44. The van der Waals surface area contributed by atoms with Crippen LogP contribution in [0.1, 0.15) is 39.5 Å². The van der Waals surface area contributed by atoms with E-state index in [4.69, 9.17) is 5.11 Å². The van der Waals surface area contributed by atoms with Gasteiger partial charge in [0.05, 0.1) is 0 Å². The molecular formula is C11H21NO2. The van der Waals surface area contributed by atoms with E-state index in [0.717, 1.165) is 25.7 Å². The number of hydrogen-bond acceptors (Lipinski definition) is 1. The van der Waals surface area contributed by atoms with Gasteiger partial charge in [-0.1, -0.05) is 26.3 Å². The Kier molecular flexibility index (Phi) is 6.89. The largest absolute Gasteiger partial charge is 0.465 e. The molecule has 3 nitrogen and oxygen atoms in total. The molecule has 1 atom stereocenters. The number of hydrogen-bond donors (Lipinski definition) is 1. The Labute approximate surface area is 86.4 Å². The van der Waals surface area contributed by atoms with E-state index in [1.54, 1.807) is 6.08 Å². The molecule has 0 aliphatic rings. The van der Waals surface area contributed by atoms with Crippen LogP contribution in [-0.2, 0) is 0 Å². The third-order valence-electron chi connectivity index (χ3n) is 2.21. The zero-order valence-electron chi connectivity index (χ0n) is 9.20. The molecule has 0 radical (unpaired) electrons. The van der Waals surface area contributed by atoms with E-state index in [9.17, 15) is 4.79 Å². The predicted octanol–water partition coefficient (Wildman–Crippen LogP) is 3.12. The minimum Gasteiger partial charge on any atom is -0.465 e. The summed E-state index contributed by atoms with van der Waals surface area (Å²) in [7, 11) is 0. The van der Waals surface area contributed by atoms with E-state index >= 15 is 0 Å². The van der Waals surface area contributed by atoms with E-state index < -0.39 is 6.09 Å². The van der Waals surface area contributed by atoms with E-state index in [0.29, 0.717) is 6.54 Å². The van der Waals surface area contributed by atoms with Gasteiger partial charge in [-0.2, -0.15) is 0 Å². The van der Waals surface area contributed by atoms with Gasteiger partial charge in [-0.05, 0) is 19.3 Å². The lowest BCUT2D eigenvalue weighted by atomic mass is 10.1. The van der Waals surface area contributed by atoms with Crippen LogP contribution in [0.25, 0.3) is 0 Å². The van der Waals surface area contributed by atoms with Gasteiger partial charge in [0, 0.05) is 12.6 Å². The third kappa shape index (κ3) is 4.30. The molecule has 1 amide bonds. The molecule has 0 fully saturated rings. The SMILES string of the molecule is C=CCC(CCC)N(CCC)C(=O)O. The highest BCUT2D eigenvalue weighted by molar-refractivity contribution is 5.65. The topological polar surface area (TPSA) is 40.5 Å². The lowest BCUT2D eigenvalue weighted by Gasteiger charge is -2.28. The zero-order valence-corrected chi connectivity index (χ0v) is 9.20. The smallest absolute Gasteiger partial charge is 0.407 e. The fraction of sp³-hybridized carbons (Fsp3) is 0.727. The molecule has 0 saturated heterocycles. The molecule has 0 aliphatic heterocycles. The van der Waals surface area contributed by atoms with Gasteiger partial charge in [0.2, 0.25) is 0 Å². The first-order chi connectivity index (χ1) is 6.67. The number of carboxylic acid groups (broad SMARTS) is 1. The summed E-state index contributed by atoms with van der Waals surface area (Å²) in [6, 6.07) is 0.106. The van der Waals surface area contributed by atoms with Crippen LogP contribution < -0.4 is 0 Å². The summed E-state index contributed by atoms with van der Waals surface area (Å²) >= 11 is 0. The summed E-state index contributed by atoms with van der Waals surface area (Å²) < 4.78 is 0. The lowest BCUT2D eigenvalue weighted by molar-refractivity contribution is 0.121. The Morgan fingerprint density at radius 1 is 1.50 bits per heavy atom. The highest BCUT2D eigenvalue weighted by Crippen LogP contribution is 2.12. The van der Waals surface area contributed by atoms with Gasteiger partial charge in [0.25, 0.3) is 0 Å². The van der Waals surface area contributed by atoms with Crippen LogP contribution in [0.2, 0.25) is 0 Å². The molecular weight excluding hydrogens is 178 g/mol. The molecule has 14 heavy (non-hydrogen) atoms. The summed E-state index contributed by atoms with van der Waals surface area (Å²) in [5.41, 5.74) is 0. The first-order valence-electron chi connectivity index (χ1n) is 5.27. The summed E-state index contributed by atoms with van der Waals surface area (Å²) in [6.45, 7) is 8.35. The highest BCUT2D eigenvalue weighted by atomic mass is 16.4. The number of carbonyl (C=O) groups is 1. The number of rotatable bonds is 7. The maximum absolute atomic E-state index is 11.0. The van der Waals surface area contributed by atoms with Gasteiger partial charge in [-0.15, -0.1) is 6.58 Å². The monoisotopic (exact) mass is 199 g/mol. The Morgan fingerprint density at radius 2 is 2.14 bits per heavy atom. The molecule has 0 aromatic rings. The molecule has 0 aromatic heterocycles. The molecule has 0 rings (SSSR count). The third-order valence-corrected chi connectivity index (χ3v) is 2.21.